The molecule has 8 nitrogen and oxygen atoms in total. The van der Waals surface area contributed by atoms with Crippen molar-refractivity contribution in [1.82, 2.24) is 5.32 Å². The molecule has 0 spiro atoms. The minimum absolute atomic E-state index is 0.0916. The highest BCUT2D eigenvalue weighted by atomic mass is 17.0. The number of fused-ring (bicyclic) bond motifs is 1. The molecule has 0 aromatic heterocycles. The molecule has 1 aromatic carbocycles. The molecule has 22 heavy (non-hydrogen) atoms. The summed E-state index contributed by atoms with van der Waals surface area (Å²) in [5.74, 6) is 1.08. The molecule has 0 saturated heterocycles. The van der Waals surface area contributed by atoms with Crippen molar-refractivity contribution in [2.24, 2.45) is 0 Å². The molecular weight excluding hydrogens is 292 g/mol. The molecule has 0 aliphatic carbocycles. The van der Waals surface area contributed by atoms with Crippen LogP contribution in [0, 0.1) is 10.1 Å². The Bertz CT molecular complexity index is 510. The van der Waals surface area contributed by atoms with Crippen LogP contribution < -0.4 is 14.8 Å². The van der Waals surface area contributed by atoms with Crippen molar-refractivity contribution in [3.05, 3.63) is 33.9 Å². The van der Waals surface area contributed by atoms with Crippen LogP contribution in [-0.4, -0.2) is 48.7 Å². The van der Waals surface area contributed by atoms with E-state index in [-0.39, 0.29) is 13.2 Å². The second-order valence-corrected chi connectivity index (χ2v) is 4.98. The number of para-hydroxylation sites is 1. The van der Waals surface area contributed by atoms with E-state index >= 15 is 0 Å². The third kappa shape index (κ3) is 4.47. The first-order valence-electron chi connectivity index (χ1n) is 7.17. The van der Waals surface area contributed by atoms with Gasteiger partial charge in [-0.3, -0.25) is 0 Å². The second kappa shape index (κ2) is 7.81. The van der Waals surface area contributed by atoms with Crippen LogP contribution in [0.15, 0.2) is 18.2 Å². The quantitative estimate of drug-likeness (QED) is 0.533. The molecule has 0 fully saturated rings. The molecular formula is C14H20N2O6. The van der Waals surface area contributed by atoms with E-state index in [1.54, 1.807) is 12.1 Å². The van der Waals surface area contributed by atoms with Gasteiger partial charge in [0.1, 0.15) is 25.4 Å². The first-order valence-corrected chi connectivity index (χ1v) is 7.17. The third-order valence-electron chi connectivity index (χ3n) is 3.22. The predicted octanol–water partition coefficient (Wildman–Crippen LogP) is 0.548. The molecule has 1 heterocycles. The Morgan fingerprint density at radius 3 is 3.14 bits per heavy atom. The first-order chi connectivity index (χ1) is 10.6. The normalized spacial score (nSPS) is 18.0. The highest BCUT2D eigenvalue weighted by molar-refractivity contribution is 5.48. The fourth-order valence-electron chi connectivity index (χ4n) is 2.23. The lowest BCUT2D eigenvalue weighted by molar-refractivity contribution is -0.769. The molecule has 0 amide bonds. The van der Waals surface area contributed by atoms with Gasteiger partial charge in [-0.2, -0.15) is 0 Å². The van der Waals surface area contributed by atoms with Crippen LogP contribution >= 0.6 is 0 Å². The van der Waals surface area contributed by atoms with E-state index < -0.39 is 17.3 Å². The molecule has 2 atom stereocenters. The topological polar surface area (TPSA) is 103 Å². The molecule has 0 saturated carbocycles. The Morgan fingerprint density at radius 1 is 1.59 bits per heavy atom. The Hall–Kier alpha value is -2.06. The summed E-state index contributed by atoms with van der Waals surface area (Å²) in [6.07, 6.45) is -0.852. The minimum Gasteiger partial charge on any atom is -0.487 e. The maximum Gasteiger partial charge on any atom is 0.294 e. The summed E-state index contributed by atoms with van der Waals surface area (Å²) in [6, 6.07) is 5.34. The monoisotopic (exact) mass is 312 g/mol. The Morgan fingerprint density at radius 2 is 2.41 bits per heavy atom. The maximum atomic E-state index is 10.4. The molecule has 122 valence electrons. The van der Waals surface area contributed by atoms with Gasteiger partial charge >= 0.3 is 0 Å². The van der Waals surface area contributed by atoms with Crippen molar-refractivity contribution in [3.8, 4) is 11.5 Å². The first kappa shape index (κ1) is 16.3. The van der Waals surface area contributed by atoms with Crippen molar-refractivity contribution in [3.63, 3.8) is 0 Å². The molecule has 1 aliphatic heterocycles. The molecule has 0 bridgehead atoms. The minimum atomic E-state index is -0.809. The van der Waals surface area contributed by atoms with E-state index in [0.717, 1.165) is 12.1 Å². The van der Waals surface area contributed by atoms with Crippen molar-refractivity contribution < 1.29 is 24.5 Å². The van der Waals surface area contributed by atoms with Gasteiger partial charge in [-0.25, -0.2) is 0 Å². The van der Waals surface area contributed by atoms with Gasteiger partial charge < -0.3 is 24.7 Å². The van der Waals surface area contributed by atoms with Crippen molar-refractivity contribution >= 4 is 0 Å². The van der Waals surface area contributed by atoms with Gasteiger partial charge in [0.25, 0.3) is 5.09 Å². The summed E-state index contributed by atoms with van der Waals surface area (Å²) >= 11 is 0. The van der Waals surface area contributed by atoms with Crippen molar-refractivity contribution in [2.45, 2.75) is 25.6 Å². The molecule has 1 aliphatic rings. The Balaban J connectivity index is 1.96. The Labute approximate surface area is 128 Å². The molecule has 2 N–H and O–H groups in total. The van der Waals surface area contributed by atoms with E-state index in [1.807, 2.05) is 13.0 Å². The number of hydrogen-bond acceptors (Lipinski definition) is 7. The second-order valence-electron chi connectivity index (χ2n) is 4.98. The number of likely N-dealkylation sites (N-methyl/N-ethyl adjacent to an activating group) is 1. The summed E-state index contributed by atoms with van der Waals surface area (Å²) < 4.78 is 11.1. The van der Waals surface area contributed by atoms with E-state index in [2.05, 4.69) is 10.2 Å². The van der Waals surface area contributed by atoms with Crippen LogP contribution in [-0.2, 0) is 11.3 Å². The number of nitrogens with one attached hydrogen (secondary N) is 1. The number of benzene rings is 1. The predicted molar refractivity (Wildman–Crippen MR) is 77.6 cm³/mol. The van der Waals surface area contributed by atoms with Gasteiger partial charge in [0, 0.05) is 18.5 Å². The summed E-state index contributed by atoms with van der Waals surface area (Å²) in [4.78, 5) is 14.9. The average Bonchev–Trinajstić information content (AvgIpc) is 2.49. The number of rotatable bonds is 8. The van der Waals surface area contributed by atoms with Gasteiger partial charge in [-0.05, 0) is 12.6 Å². The largest absolute Gasteiger partial charge is 0.487 e. The summed E-state index contributed by atoms with van der Waals surface area (Å²) in [5.41, 5.74) is 0.789. The van der Waals surface area contributed by atoms with Gasteiger partial charge in [0.2, 0.25) is 0 Å². The number of ether oxygens (including phenoxy) is 2. The highest BCUT2D eigenvalue weighted by Gasteiger charge is 2.25. The van der Waals surface area contributed by atoms with Crippen molar-refractivity contribution in [2.75, 3.05) is 26.3 Å². The van der Waals surface area contributed by atoms with Gasteiger partial charge in [0.15, 0.2) is 11.5 Å². The van der Waals surface area contributed by atoms with E-state index in [0.29, 0.717) is 24.5 Å². The fourth-order valence-corrected chi connectivity index (χ4v) is 2.23. The summed E-state index contributed by atoms with van der Waals surface area (Å²) in [7, 11) is 0. The van der Waals surface area contributed by atoms with Crippen LogP contribution in [0.4, 0.5) is 0 Å². The number of hydrogen-bond donors (Lipinski definition) is 2. The molecule has 0 radical (unpaired) electrons. The zero-order valence-electron chi connectivity index (χ0n) is 12.4. The lowest BCUT2D eigenvalue weighted by Gasteiger charge is -2.25. The number of aliphatic hydroxyl groups excluding tert-OH is 1. The lowest BCUT2D eigenvalue weighted by atomic mass is 10.0. The number of nitrogens with zero attached hydrogens (tertiary/aromatic N) is 1. The van der Waals surface area contributed by atoms with Gasteiger partial charge in [-0.15, -0.1) is 10.1 Å². The summed E-state index contributed by atoms with van der Waals surface area (Å²) in [5, 5.41) is 22.4. The lowest BCUT2D eigenvalue weighted by Crippen LogP contribution is -2.32. The molecule has 2 rings (SSSR count). The van der Waals surface area contributed by atoms with Crippen LogP contribution in [0.5, 0.6) is 11.5 Å². The fraction of sp³-hybridized carbons (Fsp3) is 0.571. The standard InChI is InChI=1S/C14H20N2O6/c1-2-15-7-11(17)8-20-13-5-3-4-10-6-12(22-16(18)19)9-21-14(10)13/h3-5,11-12,15,17H,2,6-9H2,1H3. The van der Waals surface area contributed by atoms with Crippen LogP contribution in [0.3, 0.4) is 0 Å². The van der Waals surface area contributed by atoms with Gasteiger partial charge in [0.05, 0.1) is 0 Å². The molecule has 1 aromatic rings. The summed E-state index contributed by atoms with van der Waals surface area (Å²) in [6.45, 7) is 3.41. The van der Waals surface area contributed by atoms with Crippen LogP contribution in [0.25, 0.3) is 0 Å². The zero-order chi connectivity index (χ0) is 15.9. The van der Waals surface area contributed by atoms with Gasteiger partial charge in [-0.1, -0.05) is 19.1 Å². The smallest absolute Gasteiger partial charge is 0.294 e. The maximum absolute atomic E-state index is 10.4. The SMILES string of the molecule is CCNCC(O)COc1cccc2c1OCC(O[N+](=O)[O-])C2. The third-order valence-corrected chi connectivity index (χ3v) is 3.22. The molecule has 2 unspecified atom stereocenters. The van der Waals surface area contributed by atoms with Crippen LogP contribution in [0.1, 0.15) is 12.5 Å². The van der Waals surface area contributed by atoms with E-state index in [1.165, 1.54) is 0 Å². The Kier molecular flexibility index (Phi) is 5.79. The highest BCUT2D eigenvalue weighted by Crippen LogP contribution is 2.35. The van der Waals surface area contributed by atoms with E-state index in [9.17, 15) is 15.2 Å². The number of aliphatic hydroxyl groups is 1. The van der Waals surface area contributed by atoms with E-state index in [4.69, 9.17) is 9.47 Å². The average molecular weight is 312 g/mol. The van der Waals surface area contributed by atoms with Crippen molar-refractivity contribution in [1.29, 1.82) is 0 Å². The zero-order valence-corrected chi connectivity index (χ0v) is 12.4. The molecule has 8 heteroatoms. The van der Waals surface area contributed by atoms with Crippen LogP contribution in [0.2, 0.25) is 0 Å².